The van der Waals surface area contributed by atoms with E-state index in [0.29, 0.717) is 17.7 Å². The zero-order valence-corrected chi connectivity index (χ0v) is 11.4. The van der Waals surface area contributed by atoms with Crippen molar-refractivity contribution in [2.75, 3.05) is 13.2 Å². The van der Waals surface area contributed by atoms with Gasteiger partial charge in [0.05, 0.1) is 11.0 Å². The Bertz CT molecular complexity index is 448. The highest BCUT2D eigenvalue weighted by atomic mass is 35.5. The first kappa shape index (κ1) is 14.2. The minimum Gasteiger partial charge on any atom is -0.378 e. The fourth-order valence-electron chi connectivity index (χ4n) is 2.17. The Morgan fingerprint density at radius 1 is 1.53 bits per heavy atom. The average molecular weight is 285 g/mol. The van der Waals surface area contributed by atoms with Crippen LogP contribution in [-0.4, -0.2) is 24.2 Å². The molecule has 5 nitrogen and oxygen atoms in total. The normalized spacial score (nSPS) is 18.7. The number of nitrogens with zero attached hydrogens (tertiary/aromatic N) is 1. The second-order valence-corrected chi connectivity index (χ2v) is 5.04. The molecular weight excluding hydrogens is 268 g/mol. The minimum absolute atomic E-state index is 0.0697. The van der Waals surface area contributed by atoms with E-state index < -0.39 is 4.92 Å². The molecular formula is C13H17ClN2O3. The Hall–Kier alpha value is -1.17. The molecule has 1 aliphatic heterocycles. The van der Waals surface area contributed by atoms with E-state index >= 15 is 0 Å². The van der Waals surface area contributed by atoms with Crippen molar-refractivity contribution in [1.29, 1.82) is 0 Å². The van der Waals surface area contributed by atoms with Gasteiger partial charge in [-0.15, -0.1) is 0 Å². The fraction of sp³-hybridized carbons (Fsp3) is 0.538. The Labute approximate surface area is 117 Å². The molecule has 1 atom stereocenters. The smallest absolute Gasteiger partial charge is 0.269 e. The number of non-ortho nitro benzene ring substituents is 1. The summed E-state index contributed by atoms with van der Waals surface area (Å²) in [5.74, 6) is 0. The lowest BCUT2D eigenvalue weighted by molar-refractivity contribution is -0.384. The van der Waals surface area contributed by atoms with E-state index in [1.54, 1.807) is 6.07 Å². The van der Waals surface area contributed by atoms with E-state index in [4.69, 9.17) is 16.3 Å². The molecule has 1 heterocycles. The molecule has 0 amide bonds. The topological polar surface area (TPSA) is 64.4 Å². The van der Waals surface area contributed by atoms with Crippen molar-refractivity contribution in [3.05, 3.63) is 38.9 Å². The average Bonchev–Trinajstić information content (AvgIpc) is 2.89. The van der Waals surface area contributed by atoms with E-state index in [1.807, 2.05) is 0 Å². The molecule has 2 rings (SSSR count). The van der Waals surface area contributed by atoms with Crippen LogP contribution < -0.4 is 5.32 Å². The lowest BCUT2D eigenvalue weighted by Crippen LogP contribution is -2.20. The van der Waals surface area contributed by atoms with Gasteiger partial charge in [0.15, 0.2) is 0 Å². The largest absolute Gasteiger partial charge is 0.378 e. The highest BCUT2D eigenvalue weighted by molar-refractivity contribution is 6.31. The maximum Gasteiger partial charge on any atom is 0.269 e. The summed E-state index contributed by atoms with van der Waals surface area (Å²) < 4.78 is 5.52. The van der Waals surface area contributed by atoms with Gasteiger partial charge in [-0.2, -0.15) is 0 Å². The Kier molecular flexibility index (Phi) is 5.13. The van der Waals surface area contributed by atoms with E-state index in [2.05, 4.69) is 5.32 Å². The van der Waals surface area contributed by atoms with Crippen molar-refractivity contribution < 1.29 is 9.66 Å². The van der Waals surface area contributed by atoms with Gasteiger partial charge in [-0.3, -0.25) is 10.1 Å². The summed E-state index contributed by atoms with van der Waals surface area (Å²) in [5.41, 5.74) is 0.823. The summed E-state index contributed by atoms with van der Waals surface area (Å²) >= 11 is 6.02. The van der Waals surface area contributed by atoms with Crippen LogP contribution in [0, 0.1) is 10.1 Å². The Morgan fingerprint density at radius 3 is 3.05 bits per heavy atom. The number of hydrogen-bond donors (Lipinski definition) is 1. The first-order valence-corrected chi connectivity index (χ1v) is 6.80. The number of halogens is 1. The van der Waals surface area contributed by atoms with Gasteiger partial charge in [0, 0.05) is 30.3 Å². The number of benzene rings is 1. The summed E-state index contributed by atoms with van der Waals surface area (Å²) in [6, 6.07) is 4.50. The van der Waals surface area contributed by atoms with Crippen molar-refractivity contribution >= 4 is 17.3 Å². The molecule has 1 aromatic rings. The molecule has 1 saturated heterocycles. The van der Waals surface area contributed by atoms with Crippen molar-refractivity contribution in [3.8, 4) is 0 Å². The number of nitro groups is 1. The molecule has 0 spiro atoms. The van der Waals surface area contributed by atoms with Gasteiger partial charge in [0.1, 0.15) is 0 Å². The molecule has 6 heteroatoms. The predicted octanol–water partition coefficient (Wildman–Crippen LogP) is 2.91. The number of nitro benzene ring substituents is 1. The molecule has 1 unspecified atom stereocenters. The molecule has 0 bridgehead atoms. The molecule has 1 fully saturated rings. The van der Waals surface area contributed by atoms with Gasteiger partial charge < -0.3 is 10.1 Å². The predicted molar refractivity (Wildman–Crippen MR) is 73.4 cm³/mol. The third-order valence-electron chi connectivity index (χ3n) is 3.22. The van der Waals surface area contributed by atoms with Crippen LogP contribution in [0.4, 0.5) is 5.69 Å². The number of nitrogens with one attached hydrogen (secondary N) is 1. The Morgan fingerprint density at radius 2 is 2.37 bits per heavy atom. The van der Waals surface area contributed by atoms with Crippen LogP contribution in [0.2, 0.25) is 5.02 Å². The Balaban J connectivity index is 1.81. The van der Waals surface area contributed by atoms with Gasteiger partial charge in [0.25, 0.3) is 5.69 Å². The van der Waals surface area contributed by atoms with E-state index in [0.717, 1.165) is 38.0 Å². The summed E-state index contributed by atoms with van der Waals surface area (Å²) in [5, 5.41) is 14.5. The zero-order chi connectivity index (χ0) is 13.7. The summed E-state index contributed by atoms with van der Waals surface area (Å²) in [4.78, 5) is 10.3. The molecule has 0 radical (unpaired) electrons. The molecule has 0 aromatic heterocycles. The van der Waals surface area contributed by atoms with Gasteiger partial charge in [-0.25, -0.2) is 0 Å². The van der Waals surface area contributed by atoms with Crippen molar-refractivity contribution in [2.45, 2.75) is 31.9 Å². The minimum atomic E-state index is -0.411. The standard InChI is InChI=1S/C13H17ClN2O3/c14-13-4-3-11(16(17)18)8-10(13)9-15-6-5-12-2-1-7-19-12/h3-4,8,12,15H,1-2,5-7,9H2. The monoisotopic (exact) mass is 284 g/mol. The maximum atomic E-state index is 10.7. The van der Waals surface area contributed by atoms with Crippen LogP contribution >= 0.6 is 11.6 Å². The summed E-state index contributed by atoms with van der Waals surface area (Å²) in [6.45, 7) is 2.22. The van der Waals surface area contributed by atoms with Gasteiger partial charge in [-0.05, 0) is 37.4 Å². The first-order chi connectivity index (χ1) is 9.16. The third-order valence-corrected chi connectivity index (χ3v) is 3.59. The SMILES string of the molecule is O=[N+]([O-])c1ccc(Cl)c(CNCCC2CCCO2)c1. The number of rotatable bonds is 6. The molecule has 104 valence electrons. The van der Waals surface area contributed by atoms with Crippen molar-refractivity contribution in [1.82, 2.24) is 5.32 Å². The van der Waals surface area contributed by atoms with Gasteiger partial charge in [0.2, 0.25) is 0 Å². The molecule has 0 saturated carbocycles. The van der Waals surface area contributed by atoms with Crippen LogP contribution in [0.3, 0.4) is 0 Å². The van der Waals surface area contributed by atoms with Crippen LogP contribution in [0.5, 0.6) is 0 Å². The number of ether oxygens (including phenoxy) is 1. The number of hydrogen-bond acceptors (Lipinski definition) is 4. The van der Waals surface area contributed by atoms with Crippen LogP contribution in [0.15, 0.2) is 18.2 Å². The molecule has 1 aromatic carbocycles. The highest BCUT2D eigenvalue weighted by Gasteiger charge is 2.14. The lowest BCUT2D eigenvalue weighted by Gasteiger charge is -2.10. The second-order valence-electron chi connectivity index (χ2n) is 4.63. The van der Waals surface area contributed by atoms with Gasteiger partial charge in [-0.1, -0.05) is 11.6 Å². The highest BCUT2D eigenvalue weighted by Crippen LogP contribution is 2.22. The van der Waals surface area contributed by atoms with Gasteiger partial charge >= 0.3 is 0 Å². The van der Waals surface area contributed by atoms with Crippen LogP contribution in [0.1, 0.15) is 24.8 Å². The van der Waals surface area contributed by atoms with E-state index in [-0.39, 0.29) is 5.69 Å². The zero-order valence-electron chi connectivity index (χ0n) is 10.6. The quantitative estimate of drug-likeness (QED) is 0.495. The first-order valence-electron chi connectivity index (χ1n) is 6.42. The second kappa shape index (κ2) is 6.84. The molecule has 19 heavy (non-hydrogen) atoms. The molecule has 0 aliphatic carbocycles. The molecule has 1 N–H and O–H groups in total. The van der Waals surface area contributed by atoms with E-state index in [1.165, 1.54) is 12.1 Å². The lowest BCUT2D eigenvalue weighted by atomic mass is 10.1. The van der Waals surface area contributed by atoms with Crippen molar-refractivity contribution in [3.63, 3.8) is 0 Å². The van der Waals surface area contributed by atoms with Crippen molar-refractivity contribution in [2.24, 2.45) is 0 Å². The maximum absolute atomic E-state index is 10.7. The third kappa shape index (κ3) is 4.16. The van der Waals surface area contributed by atoms with Crippen LogP contribution in [0.25, 0.3) is 0 Å². The van der Waals surface area contributed by atoms with E-state index in [9.17, 15) is 10.1 Å². The summed E-state index contributed by atoms with van der Waals surface area (Å²) in [6.07, 6.45) is 3.58. The summed E-state index contributed by atoms with van der Waals surface area (Å²) in [7, 11) is 0. The molecule has 1 aliphatic rings. The fourth-order valence-corrected chi connectivity index (χ4v) is 2.35. The van der Waals surface area contributed by atoms with Crippen LogP contribution in [-0.2, 0) is 11.3 Å².